The molecule has 0 saturated heterocycles. The lowest BCUT2D eigenvalue weighted by molar-refractivity contribution is -0.118. The number of primary amides is 1. The van der Waals surface area contributed by atoms with E-state index in [0.717, 1.165) is 5.56 Å². The molecule has 0 radical (unpaired) electrons. The molecule has 0 fully saturated rings. The van der Waals surface area contributed by atoms with Crippen LogP contribution in [0.15, 0.2) is 54.9 Å². The average molecular weight is 493 g/mol. The molecule has 0 saturated carbocycles. The van der Waals surface area contributed by atoms with Crippen molar-refractivity contribution in [3.63, 3.8) is 0 Å². The molecule has 2 aromatic heterocycles. The topological polar surface area (TPSA) is 128 Å². The summed E-state index contributed by atoms with van der Waals surface area (Å²) in [6.45, 7) is 3.65. The zero-order valence-corrected chi connectivity index (χ0v) is 20.0. The van der Waals surface area contributed by atoms with Crippen molar-refractivity contribution in [1.82, 2.24) is 9.97 Å². The standard InChI is InChI=1S/C15H17NO3.C11H8FN3O2/c1-15(2,18)8-6-11-4-5-13-12(10-11)16(3)14(17)7-9-19-13;12-10-2-1-8(6-15-10)17-7-3-4-14-9(5-7)11(13)16/h4-5,10,18H,7,9H2,1-3H3;1-6H,(H2,13,16). The summed E-state index contributed by atoms with van der Waals surface area (Å²) in [5, 5.41) is 9.59. The molecule has 0 unspecified atom stereocenters. The Morgan fingerprint density at radius 1 is 1.19 bits per heavy atom. The van der Waals surface area contributed by atoms with E-state index in [1.807, 2.05) is 6.07 Å². The van der Waals surface area contributed by atoms with E-state index in [9.17, 15) is 19.1 Å². The molecular formula is C26H25FN4O5. The van der Waals surface area contributed by atoms with Gasteiger partial charge in [0.25, 0.3) is 5.91 Å². The number of rotatable bonds is 3. The number of ether oxygens (including phenoxy) is 2. The number of aliphatic hydroxyl groups is 1. The largest absolute Gasteiger partial charge is 0.491 e. The minimum Gasteiger partial charge on any atom is -0.491 e. The highest BCUT2D eigenvalue weighted by atomic mass is 19.1. The number of hydrogen-bond donors (Lipinski definition) is 2. The van der Waals surface area contributed by atoms with Crippen molar-refractivity contribution in [2.45, 2.75) is 25.9 Å². The molecule has 4 rings (SSSR count). The molecule has 3 aromatic rings. The number of carbonyl (C=O) groups is 2. The van der Waals surface area contributed by atoms with Crippen LogP contribution in [0.3, 0.4) is 0 Å². The summed E-state index contributed by atoms with van der Waals surface area (Å²) in [6, 6.07) is 11.0. The number of halogens is 1. The number of aromatic nitrogens is 2. The predicted octanol–water partition coefficient (Wildman–Crippen LogP) is 3.06. The summed E-state index contributed by atoms with van der Waals surface area (Å²) in [5.41, 5.74) is 5.59. The molecule has 3 N–H and O–H groups in total. The third-order valence-corrected chi connectivity index (χ3v) is 4.70. The van der Waals surface area contributed by atoms with Crippen LogP contribution >= 0.6 is 0 Å². The highest BCUT2D eigenvalue weighted by Gasteiger charge is 2.20. The molecule has 0 atom stereocenters. The number of nitrogens with zero attached hydrogens (tertiary/aromatic N) is 3. The number of nitrogens with two attached hydrogens (primary N) is 1. The average Bonchev–Trinajstić information content (AvgIpc) is 2.97. The molecule has 9 nitrogen and oxygen atoms in total. The number of hydrogen-bond acceptors (Lipinski definition) is 7. The Bertz CT molecular complexity index is 1310. The van der Waals surface area contributed by atoms with Gasteiger partial charge in [0.05, 0.1) is 24.9 Å². The van der Waals surface area contributed by atoms with Gasteiger partial charge < -0.3 is 25.2 Å². The second kappa shape index (κ2) is 11.3. The molecule has 0 aliphatic carbocycles. The maximum absolute atomic E-state index is 12.6. The van der Waals surface area contributed by atoms with Gasteiger partial charge in [0.15, 0.2) is 0 Å². The maximum atomic E-state index is 12.6. The summed E-state index contributed by atoms with van der Waals surface area (Å²) in [7, 11) is 1.73. The van der Waals surface area contributed by atoms with Crippen LogP contribution < -0.4 is 20.1 Å². The normalized spacial score (nSPS) is 12.6. The number of pyridine rings is 2. The minimum absolute atomic E-state index is 0.0198. The Hall–Kier alpha value is -4.49. The first-order valence-electron chi connectivity index (χ1n) is 10.9. The van der Waals surface area contributed by atoms with Crippen LogP contribution in [0.5, 0.6) is 17.2 Å². The van der Waals surface area contributed by atoms with E-state index in [4.69, 9.17) is 15.2 Å². The molecule has 0 spiro atoms. The summed E-state index contributed by atoms with van der Waals surface area (Å²) in [5.74, 6) is 5.84. The van der Waals surface area contributed by atoms with E-state index in [0.29, 0.717) is 36.0 Å². The Morgan fingerprint density at radius 2 is 1.97 bits per heavy atom. The molecule has 1 aliphatic heterocycles. The van der Waals surface area contributed by atoms with E-state index >= 15 is 0 Å². The number of fused-ring (bicyclic) bond motifs is 1. The van der Waals surface area contributed by atoms with Crippen LogP contribution in [0.1, 0.15) is 36.3 Å². The SMILES string of the molecule is CN1C(=O)CCOc2ccc(C#CC(C)(C)O)cc21.NC(=O)c1cc(Oc2ccc(F)nc2)ccn1. The first kappa shape index (κ1) is 26.1. The fraction of sp³-hybridized carbons (Fsp3) is 0.231. The van der Waals surface area contributed by atoms with E-state index in [1.54, 1.807) is 44.0 Å². The van der Waals surface area contributed by atoms with Crippen molar-refractivity contribution < 1.29 is 28.6 Å². The second-order valence-electron chi connectivity index (χ2n) is 8.20. The molecular weight excluding hydrogens is 467 g/mol. The Balaban J connectivity index is 0.000000202. The molecule has 36 heavy (non-hydrogen) atoms. The lowest BCUT2D eigenvalue weighted by Gasteiger charge is -2.16. The zero-order valence-electron chi connectivity index (χ0n) is 20.0. The number of carbonyl (C=O) groups excluding carboxylic acids is 2. The second-order valence-corrected chi connectivity index (χ2v) is 8.20. The molecule has 1 aromatic carbocycles. The fourth-order valence-electron chi connectivity index (χ4n) is 2.92. The Kier molecular flexibility index (Phi) is 8.19. The van der Waals surface area contributed by atoms with Gasteiger partial charge in [-0.05, 0) is 50.2 Å². The van der Waals surface area contributed by atoms with Gasteiger partial charge >= 0.3 is 0 Å². The van der Waals surface area contributed by atoms with Crippen molar-refractivity contribution in [2.75, 3.05) is 18.6 Å². The monoisotopic (exact) mass is 492 g/mol. The first-order valence-corrected chi connectivity index (χ1v) is 10.9. The van der Waals surface area contributed by atoms with Gasteiger partial charge in [-0.15, -0.1) is 0 Å². The molecule has 1 aliphatic rings. The molecule has 3 heterocycles. The van der Waals surface area contributed by atoms with Gasteiger partial charge in [-0.1, -0.05) is 11.8 Å². The molecule has 2 amide bonds. The maximum Gasteiger partial charge on any atom is 0.267 e. The van der Waals surface area contributed by atoms with E-state index in [-0.39, 0.29) is 11.6 Å². The Labute approximate surface area is 207 Å². The van der Waals surface area contributed by atoms with Crippen LogP contribution in [-0.4, -0.2) is 46.1 Å². The number of anilines is 1. The number of amides is 2. The van der Waals surface area contributed by atoms with Gasteiger partial charge in [0.1, 0.15) is 28.5 Å². The highest BCUT2D eigenvalue weighted by molar-refractivity contribution is 5.95. The van der Waals surface area contributed by atoms with Gasteiger partial charge in [-0.25, -0.2) is 4.98 Å². The van der Waals surface area contributed by atoms with Crippen molar-refractivity contribution in [3.8, 4) is 29.1 Å². The number of benzene rings is 1. The van der Waals surface area contributed by atoms with E-state index in [2.05, 4.69) is 21.8 Å². The summed E-state index contributed by atoms with van der Waals surface area (Å²) >= 11 is 0. The third-order valence-electron chi connectivity index (χ3n) is 4.70. The lowest BCUT2D eigenvalue weighted by Crippen LogP contribution is -2.25. The minimum atomic E-state index is -1.04. The van der Waals surface area contributed by atoms with Gasteiger partial charge in [0.2, 0.25) is 11.9 Å². The van der Waals surface area contributed by atoms with E-state index < -0.39 is 17.5 Å². The molecule has 186 valence electrons. The lowest BCUT2D eigenvalue weighted by atomic mass is 10.1. The Morgan fingerprint density at radius 3 is 2.64 bits per heavy atom. The van der Waals surface area contributed by atoms with Crippen molar-refractivity contribution in [1.29, 1.82) is 0 Å². The van der Waals surface area contributed by atoms with Crippen molar-refractivity contribution >= 4 is 17.5 Å². The van der Waals surface area contributed by atoms with Crippen LogP contribution in [0, 0.1) is 17.8 Å². The van der Waals surface area contributed by atoms with Crippen molar-refractivity contribution in [3.05, 3.63) is 72.1 Å². The summed E-state index contributed by atoms with van der Waals surface area (Å²) in [4.78, 5) is 31.4. The highest BCUT2D eigenvalue weighted by Crippen LogP contribution is 2.31. The molecule has 10 heteroatoms. The van der Waals surface area contributed by atoms with Gasteiger partial charge in [-0.3, -0.25) is 14.6 Å². The summed E-state index contributed by atoms with van der Waals surface area (Å²) < 4.78 is 23.4. The van der Waals surface area contributed by atoms with Crippen LogP contribution in [0.2, 0.25) is 0 Å². The van der Waals surface area contributed by atoms with Crippen LogP contribution in [-0.2, 0) is 4.79 Å². The zero-order chi connectivity index (χ0) is 26.3. The fourth-order valence-corrected chi connectivity index (χ4v) is 2.92. The molecule has 0 bridgehead atoms. The predicted molar refractivity (Wildman–Crippen MR) is 130 cm³/mol. The van der Waals surface area contributed by atoms with E-state index in [1.165, 1.54) is 30.6 Å². The smallest absolute Gasteiger partial charge is 0.267 e. The van der Waals surface area contributed by atoms with Crippen molar-refractivity contribution in [2.24, 2.45) is 5.73 Å². The first-order chi connectivity index (χ1) is 17.0. The quantitative estimate of drug-likeness (QED) is 0.425. The van der Waals surface area contributed by atoms with Gasteiger partial charge in [0, 0.05) is 24.9 Å². The van der Waals surface area contributed by atoms with Gasteiger partial charge in [-0.2, -0.15) is 4.39 Å². The third kappa shape index (κ3) is 7.51. The van der Waals surface area contributed by atoms with Crippen LogP contribution in [0.25, 0.3) is 0 Å². The van der Waals surface area contributed by atoms with Crippen LogP contribution in [0.4, 0.5) is 10.1 Å². The summed E-state index contributed by atoms with van der Waals surface area (Å²) in [6.07, 6.45) is 3.00.